The molecule has 0 aromatic carbocycles. The van der Waals surface area contributed by atoms with Gasteiger partial charge >= 0.3 is 0 Å². The zero-order valence-corrected chi connectivity index (χ0v) is 12.9. The maximum Gasteiger partial charge on any atom is 0.0845 e. The number of ether oxygens (including phenoxy) is 1. The Labute approximate surface area is 113 Å². The van der Waals surface area contributed by atoms with Crippen LogP contribution in [0.3, 0.4) is 0 Å². The van der Waals surface area contributed by atoms with Crippen molar-refractivity contribution >= 4 is 0 Å². The Morgan fingerprint density at radius 2 is 1.89 bits per heavy atom. The van der Waals surface area contributed by atoms with Gasteiger partial charge in [-0.05, 0) is 42.9 Å². The summed E-state index contributed by atoms with van der Waals surface area (Å²) in [6, 6.07) is 0.577. The van der Waals surface area contributed by atoms with Gasteiger partial charge in [-0.15, -0.1) is 0 Å². The van der Waals surface area contributed by atoms with E-state index in [1.807, 2.05) is 0 Å². The van der Waals surface area contributed by atoms with Crippen molar-refractivity contribution in [1.29, 1.82) is 0 Å². The fourth-order valence-corrected chi connectivity index (χ4v) is 4.29. The molecule has 18 heavy (non-hydrogen) atoms. The van der Waals surface area contributed by atoms with Crippen molar-refractivity contribution in [3.8, 4) is 0 Å². The Hall–Kier alpha value is -0.0800. The molecule has 106 valence electrons. The summed E-state index contributed by atoms with van der Waals surface area (Å²) in [5, 5.41) is 3.73. The molecule has 2 fully saturated rings. The number of morpholine rings is 1. The highest BCUT2D eigenvalue weighted by atomic mass is 16.5. The van der Waals surface area contributed by atoms with E-state index in [1.54, 1.807) is 0 Å². The summed E-state index contributed by atoms with van der Waals surface area (Å²) in [6.07, 6.45) is 5.06. The molecule has 1 spiro atoms. The largest absolute Gasteiger partial charge is 0.372 e. The second-order valence-electron chi connectivity index (χ2n) is 7.91. The van der Waals surface area contributed by atoms with Crippen LogP contribution in [0.25, 0.3) is 0 Å². The highest BCUT2D eigenvalue weighted by Crippen LogP contribution is 2.53. The Morgan fingerprint density at radius 1 is 1.22 bits per heavy atom. The van der Waals surface area contributed by atoms with E-state index in [4.69, 9.17) is 4.74 Å². The fraction of sp³-hybridized carbons (Fsp3) is 1.00. The smallest absolute Gasteiger partial charge is 0.0845 e. The molecule has 0 radical (unpaired) electrons. The number of nitrogens with one attached hydrogen (secondary N) is 1. The minimum atomic E-state index is 0.160. The van der Waals surface area contributed by atoms with Crippen LogP contribution in [0, 0.1) is 17.3 Å². The summed E-state index contributed by atoms with van der Waals surface area (Å²) < 4.78 is 6.19. The van der Waals surface area contributed by atoms with Gasteiger partial charge in [-0.25, -0.2) is 0 Å². The quantitative estimate of drug-likeness (QED) is 0.826. The van der Waals surface area contributed by atoms with Gasteiger partial charge in [-0.3, -0.25) is 0 Å². The summed E-state index contributed by atoms with van der Waals surface area (Å²) in [4.78, 5) is 0. The SMILES string of the molecule is CC(C)CC(C)CC1NCCOC12CC(C)(C)C2. The van der Waals surface area contributed by atoms with Gasteiger partial charge in [0.25, 0.3) is 0 Å². The van der Waals surface area contributed by atoms with Crippen LogP contribution in [0.1, 0.15) is 60.3 Å². The van der Waals surface area contributed by atoms with E-state index >= 15 is 0 Å². The summed E-state index contributed by atoms with van der Waals surface area (Å²) >= 11 is 0. The minimum absolute atomic E-state index is 0.160. The zero-order valence-electron chi connectivity index (χ0n) is 12.9. The molecule has 1 aliphatic carbocycles. The molecule has 2 atom stereocenters. The van der Waals surface area contributed by atoms with E-state index in [9.17, 15) is 0 Å². The standard InChI is InChI=1S/C16H31NO/c1-12(2)8-13(3)9-14-16(18-7-6-17-14)10-15(4,5)11-16/h12-14,17H,6-11H2,1-5H3. The second kappa shape index (κ2) is 5.13. The molecule has 0 aromatic heterocycles. The molecular formula is C16H31NO. The first-order valence-electron chi connectivity index (χ1n) is 7.70. The molecular weight excluding hydrogens is 222 g/mol. The van der Waals surface area contributed by atoms with Crippen LogP contribution < -0.4 is 5.32 Å². The third kappa shape index (κ3) is 3.08. The van der Waals surface area contributed by atoms with Gasteiger partial charge in [0.2, 0.25) is 0 Å². The van der Waals surface area contributed by atoms with Gasteiger partial charge in [-0.1, -0.05) is 34.6 Å². The predicted octanol–water partition coefficient (Wildman–Crippen LogP) is 3.61. The van der Waals surface area contributed by atoms with Crippen molar-refractivity contribution in [3.05, 3.63) is 0 Å². The van der Waals surface area contributed by atoms with E-state index in [0.29, 0.717) is 11.5 Å². The highest BCUT2D eigenvalue weighted by Gasteiger charge is 2.55. The normalized spacial score (nSPS) is 31.3. The van der Waals surface area contributed by atoms with E-state index < -0.39 is 0 Å². The lowest BCUT2D eigenvalue weighted by atomic mass is 9.57. The van der Waals surface area contributed by atoms with E-state index in [-0.39, 0.29) is 5.60 Å². The Morgan fingerprint density at radius 3 is 2.44 bits per heavy atom. The molecule has 1 aliphatic heterocycles. The molecule has 1 saturated carbocycles. The van der Waals surface area contributed by atoms with Crippen LogP contribution in [0.2, 0.25) is 0 Å². The Kier molecular flexibility index (Phi) is 4.08. The number of hydrogen-bond donors (Lipinski definition) is 1. The molecule has 1 saturated heterocycles. The van der Waals surface area contributed by atoms with Crippen LogP contribution in [-0.2, 0) is 4.74 Å². The van der Waals surface area contributed by atoms with Gasteiger partial charge in [0.1, 0.15) is 0 Å². The number of rotatable bonds is 4. The van der Waals surface area contributed by atoms with Crippen molar-refractivity contribution in [3.63, 3.8) is 0 Å². The van der Waals surface area contributed by atoms with Crippen LogP contribution in [0.15, 0.2) is 0 Å². The Bertz CT molecular complexity index is 277. The number of hydrogen-bond acceptors (Lipinski definition) is 2. The molecule has 2 aliphatic rings. The Balaban J connectivity index is 1.93. The van der Waals surface area contributed by atoms with Crippen LogP contribution >= 0.6 is 0 Å². The lowest BCUT2D eigenvalue weighted by Gasteiger charge is -2.59. The van der Waals surface area contributed by atoms with Gasteiger partial charge in [-0.2, -0.15) is 0 Å². The van der Waals surface area contributed by atoms with Crippen molar-refractivity contribution < 1.29 is 4.74 Å². The summed E-state index contributed by atoms with van der Waals surface area (Å²) in [5.74, 6) is 1.60. The van der Waals surface area contributed by atoms with Crippen LogP contribution in [0.4, 0.5) is 0 Å². The van der Waals surface area contributed by atoms with Gasteiger partial charge in [0, 0.05) is 12.6 Å². The van der Waals surface area contributed by atoms with Crippen molar-refractivity contribution in [2.75, 3.05) is 13.2 Å². The lowest BCUT2D eigenvalue weighted by molar-refractivity contribution is -0.196. The molecule has 0 amide bonds. The zero-order chi connectivity index (χ0) is 13.4. The molecule has 2 rings (SSSR count). The molecule has 0 aromatic rings. The third-order valence-electron chi connectivity index (χ3n) is 4.58. The average Bonchev–Trinajstić information content (AvgIpc) is 2.17. The maximum atomic E-state index is 6.19. The van der Waals surface area contributed by atoms with Crippen molar-refractivity contribution in [2.24, 2.45) is 17.3 Å². The van der Waals surface area contributed by atoms with E-state index in [0.717, 1.165) is 25.0 Å². The minimum Gasteiger partial charge on any atom is -0.372 e. The monoisotopic (exact) mass is 253 g/mol. The van der Waals surface area contributed by atoms with E-state index in [1.165, 1.54) is 25.7 Å². The van der Waals surface area contributed by atoms with Crippen molar-refractivity contribution in [1.82, 2.24) is 5.32 Å². The van der Waals surface area contributed by atoms with Crippen LogP contribution in [-0.4, -0.2) is 24.8 Å². The van der Waals surface area contributed by atoms with Crippen molar-refractivity contribution in [2.45, 2.75) is 71.9 Å². The third-order valence-corrected chi connectivity index (χ3v) is 4.58. The van der Waals surface area contributed by atoms with E-state index in [2.05, 4.69) is 39.9 Å². The first-order valence-corrected chi connectivity index (χ1v) is 7.70. The summed E-state index contributed by atoms with van der Waals surface area (Å²) in [5.41, 5.74) is 0.644. The van der Waals surface area contributed by atoms with Gasteiger partial charge in [0.05, 0.1) is 12.2 Å². The van der Waals surface area contributed by atoms with Gasteiger partial charge in [0.15, 0.2) is 0 Å². The molecule has 2 nitrogen and oxygen atoms in total. The average molecular weight is 253 g/mol. The van der Waals surface area contributed by atoms with Crippen LogP contribution in [0.5, 0.6) is 0 Å². The molecule has 1 N–H and O–H groups in total. The molecule has 0 bridgehead atoms. The lowest BCUT2D eigenvalue weighted by Crippen LogP contribution is -2.66. The highest BCUT2D eigenvalue weighted by molar-refractivity contribution is 5.09. The first kappa shape index (κ1) is 14.3. The second-order valence-corrected chi connectivity index (χ2v) is 7.91. The summed E-state index contributed by atoms with van der Waals surface area (Å²) in [6.45, 7) is 13.7. The summed E-state index contributed by atoms with van der Waals surface area (Å²) in [7, 11) is 0. The topological polar surface area (TPSA) is 21.3 Å². The van der Waals surface area contributed by atoms with Gasteiger partial charge < -0.3 is 10.1 Å². The first-order chi connectivity index (χ1) is 8.33. The predicted molar refractivity (Wildman–Crippen MR) is 76.7 cm³/mol. The molecule has 1 heterocycles. The molecule has 2 unspecified atom stereocenters. The fourth-order valence-electron chi connectivity index (χ4n) is 4.29. The molecule has 2 heteroatoms. The maximum absolute atomic E-state index is 6.19.